The van der Waals surface area contributed by atoms with E-state index < -0.39 is 0 Å². The highest BCUT2D eigenvalue weighted by molar-refractivity contribution is 5.36. The Balaban J connectivity index is 1.53. The van der Waals surface area contributed by atoms with Gasteiger partial charge in [0.2, 0.25) is 0 Å². The van der Waals surface area contributed by atoms with Gasteiger partial charge in [-0.15, -0.1) is 10.2 Å². The van der Waals surface area contributed by atoms with E-state index in [1.165, 1.54) is 6.07 Å². The Morgan fingerprint density at radius 2 is 2.09 bits per heavy atom. The molecule has 0 bridgehead atoms. The van der Waals surface area contributed by atoms with Gasteiger partial charge >= 0.3 is 0 Å². The lowest BCUT2D eigenvalue weighted by atomic mass is 10.1. The van der Waals surface area contributed by atoms with Crippen LogP contribution in [0.15, 0.2) is 48.7 Å². The van der Waals surface area contributed by atoms with Crippen LogP contribution in [0.4, 0.5) is 4.39 Å². The highest BCUT2D eigenvalue weighted by Gasteiger charge is 2.07. The fraction of sp³-hybridized carbons (Fsp3) is 0.294. The number of halogens is 1. The molecule has 4 nitrogen and oxygen atoms in total. The summed E-state index contributed by atoms with van der Waals surface area (Å²) in [4.78, 5) is 0. The van der Waals surface area contributed by atoms with Gasteiger partial charge in [0, 0.05) is 12.2 Å². The van der Waals surface area contributed by atoms with Gasteiger partial charge in [-0.1, -0.05) is 18.2 Å². The smallest absolute Gasteiger partial charge is 0.160 e. The minimum Gasteiger partial charge on any atom is -0.307 e. The normalized spacial score (nSPS) is 12.6. The first-order valence-electron chi connectivity index (χ1n) is 7.49. The van der Waals surface area contributed by atoms with Crippen LogP contribution in [0.3, 0.4) is 0 Å². The van der Waals surface area contributed by atoms with E-state index in [1.807, 2.05) is 34.9 Å². The number of rotatable bonds is 6. The number of nitrogens with zero attached hydrogens (tertiary/aromatic N) is 3. The van der Waals surface area contributed by atoms with Crippen molar-refractivity contribution in [3.05, 3.63) is 65.9 Å². The Morgan fingerprint density at radius 3 is 2.95 bits per heavy atom. The van der Waals surface area contributed by atoms with Gasteiger partial charge in [-0.05, 0) is 49.6 Å². The lowest BCUT2D eigenvalue weighted by Crippen LogP contribution is -2.27. The number of nitrogens with one attached hydrogen (secondary N) is 1. The summed E-state index contributed by atoms with van der Waals surface area (Å²) in [5, 5.41) is 11.8. The average molecular weight is 298 g/mol. The molecule has 1 N–H and O–H groups in total. The minimum absolute atomic E-state index is 0.173. The first kappa shape index (κ1) is 14.7. The Bertz CT molecular complexity index is 753. The summed E-state index contributed by atoms with van der Waals surface area (Å²) in [6.07, 6.45) is 3.76. The van der Waals surface area contributed by atoms with Gasteiger partial charge in [-0.25, -0.2) is 4.39 Å². The molecule has 0 radical (unpaired) electrons. The number of pyridine rings is 1. The second-order valence-corrected chi connectivity index (χ2v) is 5.50. The number of benzene rings is 1. The van der Waals surface area contributed by atoms with E-state index in [9.17, 15) is 4.39 Å². The summed E-state index contributed by atoms with van der Waals surface area (Å²) >= 11 is 0. The zero-order valence-electron chi connectivity index (χ0n) is 12.5. The lowest BCUT2D eigenvalue weighted by molar-refractivity contribution is 0.502. The molecule has 0 saturated heterocycles. The highest BCUT2D eigenvalue weighted by atomic mass is 19.1. The molecular formula is C17H19FN4. The van der Waals surface area contributed by atoms with Crippen LogP contribution in [-0.4, -0.2) is 20.6 Å². The van der Waals surface area contributed by atoms with Crippen LogP contribution in [0, 0.1) is 5.82 Å². The Kier molecular flexibility index (Phi) is 4.44. The summed E-state index contributed by atoms with van der Waals surface area (Å²) in [6, 6.07) is 13.0. The van der Waals surface area contributed by atoms with Crippen molar-refractivity contribution in [2.24, 2.45) is 0 Å². The molecule has 3 aromatic rings. The zero-order chi connectivity index (χ0) is 15.4. The maximum atomic E-state index is 13.1. The Hall–Kier alpha value is -2.27. The zero-order valence-corrected chi connectivity index (χ0v) is 12.5. The van der Waals surface area contributed by atoms with Crippen molar-refractivity contribution in [3.8, 4) is 0 Å². The number of hydrogen-bond acceptors (Lipinski definition) is 3. The number of hydrogen-bond donors (Lipinski definition) is 1. The van der Waals surface area contributed by atoms with E-state index in [2.05, 4.69) is 22.4 Å². The van der Waals surface area contributed by atoms with E-state index in [1.54, 1.807) is 12.1 Å². The van der Waals surface area contributed by atoms with Crippen LogP contribution in [0.1, 0.15) is 24.7 Å². The number of fused-ring (bicyclic) bond motifs is 1. The molecule has 114 valence electrons. The molecular weight excluding hydrogens is 279 g/mol. The van der Waals surface area contributed by atoms with Crippen molar-refractivity contribution in [1.29, 1.82) is 0 Å². The second kappa shape index (κ2) is 6.66. The van der Waals surface area contributed by atoms with Crippen molar-refractivity contribution in [3.63, 3.8) is 0 Å². The molecule has 0 fully saturated rings. The SMILES string of the molecule is CC(CCc1cccc(F)c1)NCc1nnc2ccccn12. The molecule has 0 aliphatic heterocycles. The van der Waals surface area contributed by atoms with Crippen molar-refractivity contribution < 1.29 is 4.39 Å². The maximum absolute atomic E-state index is 13.1. The van der Waals surface area contributed by atoms with Crippen LogP contribution < -0.4 is 5.32 Å². The van der Waals surface area contributed by atoms with E-state index >= 15 is 0 Å². The number of aryl methyl sites for hydroxylation is 1. The van der Waals surface area contributed by atoms with E-state index in [0.717, 1.165) is 29.9 Å². The van der Waals surface area contributed by atoms with Crippen LogP contribution >= 0.6 is 0 Å². The summed E-state index contributed by atoms with van der Waals surface area (Å²) in [5.41, 5.74) is 1.88. The van der Waals surface area contributed by atoms with Gasteiger partial charge in [0.1, 0.15) is 5.82 Å². The molecule has 0 aliphatic rings. The topological polar surface area (TPSA) is 42.2 Å². The van der Waals surface area contributed by atoms with Crippen LogP contribution in [-0.2, 0) is 13.0 Å². The molecule has 0 saturated carbocycles. The van der Waals surface area contributed by atoms with E-state index in [4.69, 9.17) is 0 Å². The third-order valence-corrected chi connectivity index (χ3v) is 3.75. The van der Waals surface area contributed by atoms with E-state index in [-0.39, 0.29) is 5.82 Å². The van der Waals surface area contributed by atoms with Crippen molar-refractivity contribution in [1.82, 2.24) is 19.9 Å². The standard InChI is InChI=1S/C17H19FN4/c1-13(8-9-14-5-4-6-15(18)11-14)19-12-17-21-20-16-7-2-3-10-22(16)17/h2-7,10-11,13,19H,8-9,12H2,1H3. The van der Waals surface area contributed by atoms with Gasteiger partial charge in [-0.2, -0.15) is 0 Å². The molecule has 1 unspecified atom stereocenters. The molecule has 3 rings (SSSR count). The predicted molar refractivity (Wildman–Crippen MR) is 84.0 cm³/mol. The fourth-order valence-electron chi connectivity index (χ4n) is 2.45. The summed E-state index contributed by atoms with van der Waals surface area (Å²) in [5.74, 6) is 0.723. The molecule has 0 aliphatic carbocycles. The molecule has 1 atom stereocenters. The summed E-state index contributed by atoms with van der Waals surface area (Å²) in [7, 11) is 0. The van der Waals surface area contributed by atoms with Crippen LogP contribution in [0.25, 0.3) is 5.65 Å². The quantitative estimate of drug-likeness (QED) is 0.761. The highest BCUT2D eigenvalue weighted by Crippen LogP contribution is 2.08. The Labute approximate surface area is 129 Å². The van der Waals surface area contributed by atoms with Gasteiger partial charge in [0.15, 0.2) is 11.5 Å². The van der Waals surface area contributed by atoms with Crippen LogP contribution in [0.5, 0.6) is 0 Å². The molecule has 5 heteroatoms. The van der Waals surface area contributed by atoms with Gasteiger partial charge in [0.25, 0.3) is 0 Å². The second-order valence-electron chi connectivity index (χ2n) is 5.50. The maximum Gasteiger partial charge on any atom is 0.160 e. The van der Waals surface area contributed by atoms with Crippen molar-refractivity contribution >= 4 is 5.65 Å². The first-order valence-corrected chi connectivity index (χ1v) is 7.49. The number of aromatic nitrogens is 3. The Morgan fingerprint density at radius 1 is 1.18 bits per heavy atom. The van der Waals surface area contributed by atoms with Gasteiger partial charge < -0.3 is 5.32 Å². The predicted octanol–water partition coefficient (Wildman–Crippen LogP) is 2.98. The summed E-state index contributed by atoms with van der Waals surface area (Å²) < 4.78 is 15.1. The average Bonchev–Trinajstić information content (AvgIpc) is 2.94. The van der Waals surface area contributed by atoms with Gasteiger partial charge in [-0.3, -0.25) is 4.40 Å². The van der Waals surface area contributed by atoms with E-state index in [0.29, 0.717) is 12.6 Å². The molecule has 0 spiro atoms. The molecule has 22 heavy (non-hydrogen) atoms. The van der Waals surface area contributed by atoms with Gasteiger partial charge in [0.05, 0.1) is 6.54 Å². The van der Waals surface area contributed by atoms with Crippen molar-refractivity contribution in [2.75, 3.05) is 0 Å². The third kappa shape index (κ3) is 3.49. The minimum atomic E-state index is -0.173. The molecule has 0 amide bonds. The monoisotopic (exact) mass is 298 g/mol. The first-order chi connectivity index (χ1) is 10.7. The lowest BCUT2D eigenvalue weighted by Gasteiger charge is -2.13. The summed E-state index contributed by atoms with van der Waals surface area (Å²) in [6.45, 7) is 2.79. The molecule has 1 aromatic carbocycles. The fourth-order valence-corrected chi connectivity index (χ4v) is 2.45. The van der Waals surface area contributed by atoms with Crippen LogP contribution in [0.2, 0.25) is 0 Å². The molecule has 2 aromatic heterocycles. The van der Waals surface area contributed by atoms with Crippen molar-refractivity contribution in [2.45, 2.75) is 32.4 Å². The molecule has 2 heterocycles. The largest absolute Gasteiger partial charge is 0.307 e. The third-order valence-electron chi connectivity index (χ3n) is 3.75.